The van der Waals surface area contributed by atoms with E-state index < -0.39 is 5.79 Å². The van der Waals surface area contributed by atoms with E-state index in [-0.39, 0.29) is 6.54 Å². The molecule has 3 heterocycles. The first kappa shape index (κ1) is 14.2. The van der Waals surface area contributed by atoms with Gasteiger partial charge >= 0.3 is 0 Å². The lowest BCUT2D eigenvalue weighted by molar-refractivity contribution is -0.130. The van der Waals surface area contributed by atoms with E-state index in [0.717, 1.165) is 10.9 Å². The molecule has 3 aromatic rings. The highest BCUT2D eigenvalue weighted by Gasteiger charge is 2.32. The second kappa shape index (κ2) is 4.81. The third-order valence-electron chi connectivity index (χ3n) is 3.99. The number of nitrogens with zero attached hydrogens (tertiary/aromatic N) is 3. The van der Waals surface area contributed by atoms with Crippen LogP contribution in [0.3, 0.4) is 0 Å². The fourth-order valence-corrected chi connectivity index (χ4v) is 3.09. The molecular weight excluding hydrogens is 296 g/mol. The lowest BCUT2D eigenvalue weighted by atomic mass is 10.1. The second-order valence-corrected chi connectivity index (χ2v) is 5.87. The molecule has 0 spiro atoms. The molecule has 0 amide bonds. The van der Waals surface area contributed by atoms with E-state index in [1.54, 1.807) is 6.92 Å². The summed E-state index contributed by atoms with van der Waals surface area (Å²) in [6.07, 6.45) is 0. The standard InChI is InChI=1S/C16H18N4O3/c1-3-22-7-11-19-13-14-12-9(18-15(13)17)5-4-6-10(12)23-16(2,21)8-20(11)14/h4-6,21H,3,7-8H2,1-2H3,(H2,17,18)/t16-/m0/s1. The number of aromatic nitrogens is 3. The maximum absolute atomic E-state index is 10.6. The van der Waals surface area contributed by atoms with Gasteiger partial charge in [-0.2, -0.15) is 0 Å². The molecule has 0 saturated carbocycles. The minimum atomic E-state index is -1.36. The number of anilines is 1. The molecule has 23 heavy (non-hydrogen) atoms. The van der Waals surface area contributed by atoms with Gasteiger partial charge in [0, 0.05) is 13.5 Å². The molecule has 1 aliphatic heterocycles. The molecule has 0 fully saturated rings. The van der Waals surface area contributed by atoms with Crippen molar-refractivity contribution in [3.05, 3.63) is 24.0 Å². The van der Waals surface area contributed by atoms with E-state index in [1.807, 2.05) is 29.7 Å². The molecule has 4 rings (SSSR count). The molecular formula is C16H18N4O3. The van der Waals surface area contributed by atoms with Crippen molar-refractivity contribution in [1.29, 1.82) is 0 Å². The van der Waals surface area contributed by atoms with E-state index in [2.05, 4.69) is 9.97 Å². The average molecular weight is 314 g/mol. The summed E-state index contributed by atoms with van der Waals surface area (Å²) in [5.41, 5.74) is 8.25. The van der Waals surface area contributed by atoms with E-state index in [1.165, 1.54) is 0 Å². The Kier molecular flexibility index (Phi) is 2.97. The maximum atomic E-state index is 10.6. The van der Waals surface area contributed by atoms with Gasteiger partial charge in [0.15, 0.2) is 5.82 Å². The Morgan fingerprint density at radius 2 is 2.26 bits per heavy atom. The van der Waals surface area contributed by atoms with Crippen molar-refractivity contribution in [1.82, 2.24) is 14.5 Å². The first-order valence-corrected chi connectivity index (χ1v) is 7.56. The van der Waals surface area contributed by atoms with Gasteiger partial charge in [-0.25, -0.2) is 9.97 Å². The monoisotopic (exact) mass is 314 g/mol. The smallest absolute Gasteiger partial charge is 0.223 e. The van der Waals surface area contributed by atoms with E-state index >= 15 is 0 Å². The minimum absolute atomic E-state index is 0.235. The second-order valence-electron chi connectivity index (χ2n) is 5.87. The molecule has 0 saturated heterocycles. The molecule has 0 unspecified atom stereocenters. The summed E-state index contributed by atoms with van der Waals surface area (Å²) in [6.45, 7) is 4.71. The summed E-state index contributed by atoms with van der Waals surface area (Å²) in [7, 11) is 0. The third kappa shape index (κ3) is 2.12. The molecule has 1 aromatic carbocycles. The fraction of sp³-hybridized carbons (Fsp3) is 0.375. The van der Waals surface area contributed by atoms with E-state index in [9.17, 15) is 5.11 Å². The van der Waals surface area contributed by atoms with Gasteiger partial charge < -0.3 is 24.9 Å². The summed E-state index contributed by atoms with van der Waals surface area (Å²) in [5, 5.41) is 11.4. The Bertz CT molecular complexity index is 917. The number of pyridine rings is 1. The van der Waals surface area contributed by atoms with Gasteiger partial charge in [-0.05, 0) is 19.1 Å². The first-order valence-electron chi connectivity index (χ1n) is 7.56. The Morgan fingerprint density at radius 1 is 1.43 bits per heavy atom. The van der Waals surface area contributed by atoms with Crippen LogP contribution in [0.4, 0.5) is 5.82 Å². The Morgan fingerprint density at radius 3 is 3.04 bits per heavy atom. The third-order valence-corrected chi connectivity index (χ3v) is 3.99. The van der Waals surface area contributed by atoms with Gasteiger partial charge in [-0.15, -0.1) is 0 Å². The molecule has 2 aromatic heterocycles. The largest absolute Gasteiger partial charge is 0.460 e. The van der Waals surface area contributed by atoms with Crippen LogP contribution in [0.15, 0.2) is 18.2 Å². The van der Waals surface area contributed by atoms with Crippen molar-refractivity contribution in [2.45, 2.75) is 32.8 Å². The van der Waals surface area contributed by atoms with Gasteiger partial charge in [-0.3, -0.25) is 0 Å². The number of imidazole rings is 1. The van der Waals surface area contributed by atoms with Crippen LogP contribution in [0, 0.1) is 0 Å². The summed E-state index contributed by atoms with van der Waals surface area (Å²) in [6, 6.07) is 5.52. The molecule has 120 valence electrons. The lowest BCUT2D eigenvalue weighted by Crippen LogP contribution is -2.36. The molecule has 1 atom stereocenters. The molecule has 1 aliphatic rings. The zero-order valence-electron chi connectivity index (χ0n) is 13.0. The highest BCUT2D eigenvalue weighted by Crippen LogP contribution is 2.39. The first-order chi connectivity index (χ1) is 11.0. The van der Waals surface area contributed by atoms with Crippen LogP contribution < -0.4 is 10.5 Å². The van der Waals surface area contributed by atoms with Gasteiger partial charge in [0.25, 0.3) is 0 Å². The molecule has 0 bridgehead atoms. The van der Waals surface area contributed by atoms with Crippen LogP contribution in [-0.2, 0) is 17.9 Å². The molecule has 3 N–H and O–H groups in total. The number of aliphatic hydroxyl groups is 1. The zero-order valence-corrected chi connectivity index (χ0v) is 13.0. The summed E-state index contributed by atoms with van der Waals surface area (Å²) in [5.74, 6) is 0.272. The Labute approximate surface area is 132 Å². The van der Waals surface area contributed by atoms with E-state index in [0.29, 0.717) is 41.6 Å². The average Bonchev–Trinajstić information content (AvgIpc) is 2.77. The predicted molar refractivity (Wildman–Crippen MR) is 86.0 cm³/mol. The number of benzene rings is 1. The van der Waals surface area contributed by atoms with Gasteiger partial charge in [0.05, 0.1) is 23.0 Å². The van der Waals surface area contributed by atoms with Crippen molar-refractivity contribution >= 4 is 27.8 Å². The Hall–Kier alpha value is -2.38. The molecule has 0 radical (unpaired) electrons. The van der Waals surface area contributed by atoms with Crippen LogP contribution in [0.5, 0.6) is 5.75 Å². The van der Waals surface area contributed by atoms with Crippen molar-refractivity contribution in [3.63, 3.8) is 0 Å². The number of nitrogen functional groups attached to an aromatic ring is 1. The summed E-state index contributed by atoms with van der Waals surface area (Å²) >= 11 is 0. The van der Waals surface area contributed by atoms with Gasteiger partial charge in [0.2, 0.25) is 5.79 Å². The van der Waals surface area contributed by atoms with E-state index in [4.69, 9.17) is 15.2 Å². The minimum Gasteiger partial charge on any atom is -0.460 e. The highest BCUT2D eigenvalue weighted by atomic mass is 16.6. The van der Waals surface area contributed by atoms with Crippen molar-refractivity contribution in [2.24, 2.45) is 0 Å². The van der Waals surface area contributed by atoms with Gasteiger partial charge in [-0.1, -0.05) is 6.07 Å². The van der Waals surface area contributed by atoms with Crippen LogP contribution in [0.2, 0.25) is 0 Å². The van der Waals surface area contributed by atoms with Crippen LogP contribution in [-0.4, -0.2) is 32.0 Å². The molecule has 7 heteroatoms. The SMILES string of the molecule is CCOCc1nc2c(N)nc3cccc4c3c2n1C[C@@](C)(O)O4. The topological polar surface area (TPSA) is 95.4 Å². The predicted octanol–water partition coefficient (Wildman–Crippen LogP) is 1.80. The quantitative estimate of drug-likeness (QED) is 0.765. The Balaban J connectivity index is 2.12. The molecule has 7 nitrogen and oxygen atoms in total. The van der Waals surface area contributed by atoms with Crippen molar-refractivity contribution in [2.75, 3.05) is 12.3 Å². The van der Waals surface area contributed by atoms with Crippen LogP contribution in [0.1, 0.15) is 19.7 Å². The normalized spacial score (nSPS) is 20.1. The maximum Gasteiger partial charge on any atom is 0.223 e. The number of hydrogen-bond acceptors (Lipinski definition) is 6. The number of rotatable bonds is 3. The summed E-state index contributed by atoms with van der Waals surface area (Å²) < 4.78 is 13.2. The summed E-state index contributed by atoms with van der Waals surface area (Å²) in [4.78, 5) is 9.02. The van der Waals surface area contributed by atoms with Crippen LogP contribution >= 0.6 is 0 Å². The molecule has 0 aliphatic carbocycles. The fourth-order valence-electron chi connectivity index (χ4n) is 3.09. The zero-order chi connectivity index (χ0) is 16.2. The van der Waals surface area contributed by atoms with Crippen molar-refractivity contribution < 1.29 is 14.6 Å². The van der Waals surface area contributed by atoms with Gasteiger partial charge in [0.1, 0.15) is 23.7 Å². The number of hydrogen-bond donors (Lipinski definition) is 2. The number of ether oxygens (including phenoxy) is 2. The lowest BCUT2D eigenvalue weighted by Gasteiger charge is -2.24. The highest BCUT2D eigenvalue weighted by molar-refractivity contribution is 6.09. The number of nitrogens with two attached hydrogens (primary N) is 1. The van der Waals surface area contributed by atoms with Crippen LogP contribution in [0.25, 0.3) is 21.9 Å². The van der Waals surface area contributed by atoms with Crippen molar-refractivity contribution in [3.8, 4) is 5.75 Å².